The summed E-state index contributed by atoms with van der Waals surface area (Å²) in [6.07, 6.45) is 58.5. The second kappa shape index (κ2) is 51.6. The van der Waals surface area contributed by atoms with Crippen LogP contribution in [0.15, 0.2) is 12.2 Å². The van der Waals surface area contributed by atoms with Crippen LogP contribution in [0.4, 0.5) is 0 Å². The van der Waals surface area contributed by atoms with E-state index >= 15 is 0 Å². The van der Waals surface area contributed by atoms with E-state index in [-0.39, 0.29) is 24.9 Å². The number of hydrogen-bond acceptors (Lipinski definition) is 5. The van der Waals surface area contributed by atoms with E-state index in [0.29, 0.717) is 19.3 Å². The van der Waals surface area contributed by atoms with Crippen molar-refractivity contribution in [1.29, 1.82) is 0 Å². The highest BCUT2D eigenvalue weighted by Crippen LogP contribution is 2.19. The summed E-state index contributed by atoms with van der Waals surface area (Å²) < 4.78 is 5.96. The van der Waals surface area contributed by atoms with Crippen molar-refractivity contribution in [3.63, 3.8) is 0 Å². The lowest BCUT2D eigenvalue weighted by Gasteiger charge is -2.24. The predicted molar refractivity (Wildman–Crippen MR) is 273 cm³/mol. The molecule has 0 aromatic rings. The molecule has 0 aromatic heterocycles. The van der Waals surface area contributed by atoms with E-state index in [4.69, 9.17) is 4.74 Å². The Bertz CT molecular complexity index is 955. The second-order valence-electron chi connectivity index (χ2n) is 19.7. The third kappa shape index (κ3) is 46.9. The van der Waals surface area contributed by atoms with E-state index in [1.807, 2.05) is 0 Å². The number of nitrogens with one attached hydrogen (secondary N) is 1. The van der Waals surface area contributed by atoms with Crippen molar-refractivity contribution >= 4 is 11.9 Å². The van der Waals surface area contributed by atoms with E-state index in [1.54, 1.807) is 0 Å². The van der Waals surface area contributed by atoms with Crippen molar-refractivity contribution in [2.75, 3.05) is 6.61 Å². The number of esters is 1. The molecule has 0 fully saturated rings. The van der Waals surface area contributed by atoms with Crippen molar-refractivity contribution in [2.45, 2.75) is 334 Å². The van der Waals surface area contributed by atoms with Gasteiger partial charge in [-0.05, 0) is 51.4 Å². The molecule has 3 N–H and O–H groups in total. The van der Waals surface area contributed by atoms with Crippen LogP contribution in [0.2, 0.25) is 0 Å². The van der Waals surface area contributed by atoms with Crippen LogP contribution in [0.1, 0.15) is 316 Å². The van der Waals surface area contributed by atoms with Gasteiger partial charge in [0.15, 0.2) is 0 Å². The zero-order chi connectivity index (χ0) is 45.9. The number of hydrogen-bond donors (Lipinski definition) is 3. The molecule has 0 rings (SSSR count). The monoisotopic (exact) mass is 890 g/mol. The van der Waals surface area contributed by atoms with E-state index in [9.17, 15) is 19.8 Å². The number of aliphatic hydroxyl groups excluding tert-OH is 2. The first-order valence-corrected chi connectivity index (χ1v) is 28.4. The minimum atomic E-state index is -0.784. The van der Waals surface area contributed by atoms with Gasteiger partial charge in [0.25, 0.3) is 0 Å². The summed E-state index contributed by atoms with van der Waals surface area (Å²) in [5, 5.41) is 23.8. The summed E-state index contributed by atoms with van der Waals surface area (Å²) in [6, 6.07) is -0.698. The molecule has 0 aromatic carbocycles. The number of carbonyl (C=O) groups is 2. The van der Waals surface area contributed by atoms with Crippen LogP contribution in [-0.2, 0) is 14.3 Å². The van der Waals surface area contributed by atoms with Gasteiger partial charge in [-0.15, -0.1) is 0 Å². The van der Waals surface area contributed by atoms with Crippen molar-refractivity contribution < 1.29 is 24.5 Å². The Hall–Kier alpha value is -1.40. The minimum absolute atomic E-state index is 0.0792. The summed E-state index contributed by atoms with van der Waals surface area (Å²) in [5.74, 6) is -0.461. The van der Waals surface area contributed by atoms with Crippen LogP contribution in [0, 0.1) is 0 Å². The molecule has 0 spiro atoms. The average Bonchev–Trinajstić information content (AvgIpc) is 3.28. The lowest BCUT2D eigenvalue weighted by molar-refractivity contribution is -0.151. The lowest BCUT2D eigenvalue weighted by atomic mass is 10.0. The van der Waals surface area contributed by atoms with E-state index < -0.39 is 18.2 Å². The van der Waals surface area contributed by atoms with Gasteiger partial charge in [0.05, 0.1) is 25.2 Å². The predicted octanol–water partition coefficient (Wildman–Crippen LogP) is 17.3. The van der Waals surface area contributed by atoms with Crippen molar-refractivity contribution in [3.05, 3.63) is 12.2 Å². The van der Waals surface area contributed by atoms with Gasteiger partial charge in [-0.2, -0.15) is 0 Å². The summed E-state index contributed by atoms with van der Waals surface area (Å²) in [7, 11) is 0. The van der Waals surface area contributed by atoms with Crippen LogP contribution in [0.5, 0.6) is 0 Å². The van der Waals surface area contributed by atoms with Crippen LogP contribution in [0.25, 0.3) is 0 Å². The average molecular weight is 891 g/mol. The summed E-state index contributed by atoms with van der Waals surface area (Å²) in [4.78, 5) is 26.2. The van der Waals surface area contributed by atoms with Crippen molar-refractivity contribution in [1.82, 2.24) is 5.32 Å². The first-order valence-electron chi connectivity index (χ1n) is 28.4. The Balaban J connectivity index is 4.46. The maximum atomic E-state index is 13.2. The molecule has 3 atom stereocenters. The zero-order valence-electron chi connectivity index (χ0n) is 42.7. The fourth-order valence-corrected chi connectivity index (χ4v) is 9.02. The summed E-state index contributed by atoms with van der Waals surface area (Å²) >= 11 is 0. The summed E-state index contributed by atoms with van der Waals surface area (Å²) in [6.45, 7) is 6.50. The topological polar surface area (TPSA) is 95.9 Å². The summed E-state index contributed by atoms with van der Waals surface area (Å²) in [5.41, 5.74) is 0. The quantitative estimate of drug-likeness (QED) is 0.0321. The number of unbranched alkanes of at least 4 members (excludes halogenated alkanes) is 38. The normalized spacial score (nSPS) is 13.2. The molecule has 374 valence electrons. The molecule has 0 aliphatic heterocycles. The number of rotatable bonds is 52. The molecule has 3 unspecified atom stereocenters. The fourth-order valence-electron chi connectivity index (χ4n) is 9.02. The fraction of sp³-hybridized carbons (Fsp3) is 0.930. The van der Waals surface area contributed by atoms with Crippen LogP contribution in [0.3, 0.4) is 0 Å². The Kier molecular flexibility index (Phi) is 50.4. The number of ether oxygens (including phenoxy) is 1. The van der Waals surface area contributed by atoms with E-state index in [0.717, 1.165) is 57.8 Å². The Morgan fingerprint density at radius 3 is 1.14 bits per heavy atom. The standard InChI is InChI=1S/C57H111NO5/c1-4-7-10-13-16-19-22-25-26-27-28-29-30-32-35-38-41-44-47-50-57(62)63-53(48-45-42-39-36-33-31-23-20-17-14-11-8-5-2)51-56(61)58-54(52-59)55(60)49-46-43-40-37-34-24-21-18-15-12-9-6-3/h20,23,53-55,59-60H,4-19,21-22,24-52H2,1-3H3,(H,58,61)/b23-20-. The van der Waals surface area contributed by atoms with Crippen LogP contribution < -0.4 is 5.32 Å². The molecule has 0 aliphatic carbocycles. The third-order valence-electron chi connectivity index (χ3n) is 13.3. The molecule has 0 aliphatic rings. The van der Waals surface area contributed by atoms with Gasteiger partial charge < -0.3 is 20.3 Å². The van der Waals surface area contributed by atoms with Gasteiger partial charge in [-0.1, -0.05) is 264 Å². The Labute approximate surface area is 393 Å². The van der Waals surface area contributed by atoms with Crippen molar-refractivity contribution in [2.24, 2.45) is 0 Å². The lowest BCUT2D eigenvalue weighted by Crippen LogP contribution is -2.46. The number of carbonyl (C=O) groups excluding carboxylic acids is 2. The third-order valence-corrected chi connectivity index (χ3v) is 13.3. The highest BCUT2D eigenvalue weighted by atomic mass is 16.5. The highest BCUT2D eigenvalue weighted by molar-refractivity contribution is 5.77. The van der Waals surface area contributed by atoms with Gasteiger partial charge >= 0.3 is 5.97 Å². The molecule has 63 heavy (non-hydrogen) atoms. The molecule has 6 heteroatoms. The molecular formula is C57H111NO5. The first-order chi connectivity index (χ1) is 31.0. The molecule has 0 radical (unpaired) electrons. The van der Waals surface area contributed by atoms with Crippen LogP contribution >= 0.6 is 0 Å². The number of amides is 1. The number of allylic oxidation sites excluding steroid dienone is 2. The van der Waals surface area contributed by atoms with Crippen molar-refractivity contribution in [3.8, 4) is 0 Å². The van der Waals surface area contributed by atoms with E-state index in [1.165, 1.54) is 212 Å². The zero-order valence-corrected chi connectivity index (χ0v) is 42.7. The van der Waals surface area contributed by atoms with Gasteiger partial charge in [0, 0.05) is 6.42 Å². The Morgan fingerprint density at radius 1 is 0.444 bits per heavy atom. The van der Waals surface area contributed by atoms with Gasteiger partial charge in [0.2, 0.25) is 5.91 Å². The molecular weight excluding hydrogens is 779 g/mol. The van der Waals surface area contributed by atoms with Gasteiger partial charge in [0.1, 0.15) is 6.10 Å². The maximum Gasteiger partial charge on any atom is 0.306 e. The second-order valence-corrected chi connectivity index (χ2v) is 19.7. The number of aliphatic hydroxyl groups is 2. The minimum Gasteiger partial charge on any atom is -0.462 e. The van der Waals surface area contributed by atoms with Gasteiger partial charge in [-0.25, -0.2) is 0 Å². The molecule has 6 nitrogen and oxygen atoms in total. The molecule has 0 saturated carbocycles. The first kappa shape index (κ1) is 61.6. The van der Waals surface area contributed by atoms with Gasteiger partial charge in [-0.3, -0.25) is 9.59 Å². The van der Waals surface area contributed by atoms with Crippen LogP contribution in [-0.4, -0.2) is 46.9 Å². The molecule has 1 amide bonds. The SMILES string of the molecule is CCCCCC/C=C\CCCCCCCC(CC(=O)NC(CO)C(O)CCCCCCCCCCCCCC)OC(=O)CCCCCCCCCCCCCCCCCCCCC. The molecule has 0 bridgehead atoms. The highest BCUT2D eigenvalue weighted by Gasteiger charge is 2.24. The smallest absolute Gasteiger partial charge is 0.306 e. The molecule has 0 saturated heterocycles. The largest absolute Gasteiger partial charge is 0.462 e. The Morgan fingerprint density at radius 2 is 0.762 bits per heavy atom. The van der Waals surface area contributed by atoms with E-state index in [2.05, 4.69) is 38.2 Å². The maximum absolute atomic E-state index is 13.2. The molecule has 0 heterocycles.